The molecule has 0 fully saturated rings. The quantitative estimate of drug-likeness (QED) is 0.763. The lowest BCUT2D eigenvalue weighted by Crippen LogP contribution is -2.35. The van der Waals surface area contributed by atoms with Crippen LogP contribution in [0.1, 0.15) is 38.3 Å². The summed E-state index contributed by atoms with van der Waals surface area (Å²) in [6, 6.07) is 12.6. The van der Waals surface area contributed by atoms with Crippen LogP contribution in [0.15, 0.2) is 42.5 Å². The van der Waals surface area contributed by atoms with Crippen molar-refractivity contribution in [2.24, 2.45) is 0 Å². The fourth-order valence-corrected chi connectivity index (χ4v) is 3.18. The molecule has 6 nitrogen and oxygen atoms in total. The van der Waals surface area contributed by atoms with Gasteiger partial charge in [0, 0.05) is 19.5 Å². The van der Waals surface area contributed by atoms with Crippen molar-refractivity contribution in [1.82, 2.24) is 10.2 Å². The number of benzene rings is 2. The lowest BCUT2D eigenvalue weighted by atomic mass is 10.1. The van der Waals surface area contributed by atoms with Gasteiger partial charge in [-0.05, 0) is 37.1 Å². The minimum Gasteiger partial charge on any atom is -0.496 e. The van der Waals surface area contributed by atoms with Gasteiger partial charge in [-0.15, -0.1) is 0 Å². The average molecular weight is 366 g/mol. The molecule has 2 aromatic carbocycles. The monoisotopic (exact) mass is 366 g/mol. The van der Waals surface area contributed by atoms with Crippen LogP contribution >= 0.6 is 0 Å². The standard InChI is InChI=1S/C21H22N2O4/c1-14-7-8-18(27-2)15(13-14)9-11-22-19(24)10-12-23-20(25)16-5-3-4-6-17(16)21(23)26/h3-8,13H,9-12H2,1-2H3,(H,22,24). The molecule has 2 aromatic rings. The van der Waals surface area contributed by atoms with Crippen LogP contribution in [0.25, 0.3) is 0 Å². The topological polar surface area (TPSA) is 75.7 Å². The summed E-state index contributed by atoms with van der Waals surface area (Å²) in [6.07, 6.45) is 0.722. The maximum absolute atomic E-state index is 12.3. The summed E-state index contributed by atoms with van der Waals surface area (Å²) in [7, 11) is 1.62. The number of rotatable bonds is 7. The summed E-state index contributed by atoms with van der Waals surface area (Å²) in [6.45, 7) is 2.54. The summed E-state index contributed by atoms with van der Waals surface area (Å²) in [4.78, 5) is 37.8. The summed E-state index contributed by atoms with van der Waals surface area (Å²) in [5, 5.41) is 2.83. The first kappa shape index (κ1) is 18.6. The molecule has 140 valence electrons. The molecule has 0 aromatic heterocycles. The number of amides is 3. The Morgan fingerprint density at radius 3 is 2.37 bits per heavy atom. The minimum absolute atomic E-state index is 0.0753. The Kier molecular flexibility index (Phi) is 5.54. The molecule has 0 radical (unpaired) electrons. The predicted octanol–water partition coefficient (Wildman–Crippen LogP) is 2.35. The molecule has 0 bridgehead atoms. The zero-order chi connectivity index (χ0) is 19.4. The predicted molar refractivity (Wildman–Crippen MR) is 101 cm³/mol. The molecule has 0 spiro atoms. The van der Waals surface area contributed by atoms with Crippen LogP contribution in [0, 0.1) is 6.92 Å². The highest BCUT2D eigenvalue weighted by atomic mass is 16.5. The second-order valence-corrected chi connectivity index (χ2v) is 6.47. The van der Waals surface area contributed by atoms with Crippen LogP contribution in [-0.4, -0.2) is 42.8 Å². The van der Waals surface area contributed by atoms with Crippen LogP contribution in [0.3, 0.4) is 0 Å². The van der Waals surface area contributed by atoms with E-state index in [0.717, 1.165) is 21.8 Å². The minimum atomic E-state index is -0.340. The van der Waals surface area contributed by atoms with Crippen molar-refractivity contribution in [3.05, 3.63) is 64.7 Å². The molecule has 0 aliphatic carbocycles. The lowest BCUT2D eigenvalue weighted by molar-refractivity contribution is -0.121. The van der Waals surface area contributed by atoms with E-state index in [1.807, 2.05) is 25.1 Å². The fraction of sp³-hybridized carbons (Fsp3) is 0.286. The van der Waals surface area contributed by atoms with Crippen LogP contribution in [0.2, 0.25) is 0 Å². The normalized spacial score (nSPS) is 12.9. The van der Waals surface area contributed by atoms with E-state index in [2.05, 4.69) is 5.32 Å². The van der Waals surface area contributed by atoms with E-state index in [1.54, 1.807) is 31.4 Å². The summed E-state index contributed by atoms with van der Waals surface area (Å²) in [5.74, 6) is -0.0835. The molecule has 6 heteroatoms. The molecule has 1 aliphatic rings. The van der Waals surface area contributed by atoms with E-state index in [0.29, 0.717) is 24.1 Å². The Bertz CT molecular complexity index is 857. The van der Waals surface area contributed by atoms with Crippen LogP contribution < -0.4 is 10.1 Å². The lowest BCUT2D eigenvalue weighted by Gasteiger charge is -2.14. The van der Waals surface area contributed by atoms with Crippen molar-refractivity contribution in [2.75, 3.05) is 20.2 Å². The third-order valence-electron chi connectivity index (χ3n) is 4.59. The van der Waals surface area contributed by atoms with Crippen LogP contribution in [0.5, 0.6) is 5.75 Å². The van der Waals surface area contributed by atoms with Gasteiger partial charge in [0.05, 0.1) is 18.2 Å². The summed E-state index contributed by atoms with van der Waals surface area (Å²) < 4.78 is 5.33. The zero-order valence-electron chi connectivity index (χ0n) is 15.5. The van der Waals surface area contributed by atoms with Crippen molar-refractivity contribution in [3.8, 4) is 5.75 Å². The Labute approximate surface area is 158 Å². The molecular formula is C21H22N2O4. The molecule has 27 heavy (non-hydrogen) atoms. The van der Waals surface area contributed by atoms with Gasteiger partial charge in [0.1, 0.15) is 5.75 Å². The average Bonchev–Trinajstić information content (AvgIpc) is 2.91. The van der Waals surface area contributed by atoms with Crippen molar-refractivity contribution < 1.29 is 19.1 Å². The van der Waals surface area contributed by atoms with E-state index in [1.165, 1.54) is 0 Å². The molecule has 0 unspecified atom stereocenters. The van der Waals surface area contributed by atoms with Crippen LogP contribution in [-0.2, 0) is 11.2 Å². The van der Waals surface area contributed by atoms with E-state index >= 15 is 0 Å². The Morgan fingerprint density at radius 2 is 1.74 bits per heavy atom. The number of hydrogen-bond acceptors (Lipinski definition) is 4. The van der Waals surface area contributed by atoms with E-state index < -0.39 is 0 Å². The largest absolute Gasteiger partial charge is 0.496 e. The number of fused-ring (bicyclic) bond motifs is 1. The molecule has 1 heterocycles. The third-order valence-corrected chi connectivity index (χ3v) is 4.59. The van der Waals surface area contributed by atoms with Crippen molar-refractivity contribution in [2.45, 2.75) is 19.8 Å². The summed E-state index contributed by atoms with van der Waals surface area (Å²) >= 11 is 0. The Morgan fingerprint density at radius 1 is 1.07 bits per heavy atom. The smallest absolute Gasteiger partial charge is 0.261 e. The molecule has 0 saturated carbocycles. The van der Waals surface area contributed by atoms with E-state index in [9.17, 15) is 14.4 Å². The maximum atomic E-state index is 12.3. The van der Waals surface area contributed by atoms with Crippen molar-refractivity contribution in [3.63, 3.8) is 0 Å². The maximum Gasteiger partial charge on any atom is 0.261 e. The van der Waals surface area contributed by atoms with Gasteiger partial charge in [0.15, 0.2) is 0 Å². The number of imide groups is 1. The Hall–Kier alpha value is -3.15. The van der Waals surface area contributed by atoms with Crippen molar-refractivity contribution >= 4 is 17.7 Å². The van der Waals surface area contributed by atoms with Gasteiger partial charge in [-0.2, -0.15) is 0 Å². The number of nitrogens with one attached hydrogen (secondary N) is 1. The second-order valence-electron chi connectivity index (χ2n) is 6.47. The van der Waals surface area contributed by atoms with Gasteiger partial charge >= 0.3 is 0 Å². The number of hydrogen-bond donors (Lipinski definition) is 1. The first-order valence-corrected chi connectivity index (χ1v) is 8.86. The molecular weight excluding hydrogens is 344 g/mol. The number of aryl methyl sites for hydroxylation is 1. The number of ether oxygens (including phenoxy) is 1. The van der Waals surface area contributed by atoms with Gasteiger partial charge in [0.25, 0.3) is 11.8 Å². The second kappa shape index (κ2) is 8.03. The summed E-state index contributed by atoms with van der Waals surface area (Å²) in [5.41, 5.74) is 2.95. The highest BCUT2D eigenvalue weighted by molar-refractivity contribution is 6.21. The van der Waals surface area contributed by atoms with Crippen LogP contribution in [0.4, 0.5) is 0 Å². The van der Waals surface area contributed by atoms with Gasteiger partial charge in [0.2, 0.25) is 5.91 Å². The zero-order valence-corrected chi connectivity index (χ0v) is 15.5. The molecule has 0 atom stereocenters. The Balaban J connectivity index is 1.49. The fourth-order valence-electron chi connectivity index (χ4n) is 3.18. The van der Waals surface area contributed by atoms with Gasteiger partial charge in [-0.1, -0.05) is 29.8 Å². The number of nitrogens with zero attached hydrogens (tertiary/aromatic N) is 1. The molecule has 3 amide bonds. The van der Waals surface area contributed by atoms with Crippen molar-refractivity contribution in [1.29, 1.82) is 0 Å². The SMILES string of the molecule is COc1ccc(C)cc1CCNC(=O)CCN1C(=O)c2ccccc2C1=O. The first-order chi connectivity index (χ1) is 13.0. The molecule has 1 aliphatic heterocycles. The number of methoxy groups -OCH3 is 1. The first-order valence-electron chi connectivity index (χ1n) is 8.86. The van der Waals surface area contributed by atoms with E-state index in [-0.39, 0.29) is 30.7 Å². The van der Waals surface area contributed by atoms with Gasteiger partial charge < -0.3 is 10.1 Å². The molecule has 0 saturated heterocycles. The molecule has 1 N–H and O–H groups in total. The third kappa shape index (κ3) is 4.00. The van der Waals surface area contributed by atoms with Gasteiger partial charge in [-0.25, -0.2) is 0 Å². The molecule has 3 rings (SSSR count). The highest BCUT2D eigenvalue weighted by Crippen LogP contribution is 2.22. The number of carbonyl (C=O) groups excluding carboxylic acids is 3. The van der Waals surface area contributed by atoms with E-state index in [4.69, 9.17) is 4.74 Å². The highest BCUT2D eigenvalue weighted by Gasteiger charge is 2.34. The number of carbonyl (C=O) groups is 3. The van der Waals surface area contributed by atoms with Gasteiger partial charge in [-0.3, -0.25) is 19.3 Å².